The first-order valence-electron chi connectivity index (χ1n) is 7.32. The second kappa shape index (κ2) is 8.87. The summed E-state index contributed by atoms with van der Waals surface area (Å²) in [7, 11) is 4.51. The van der Waals surface area contributed by atoms with Crippen molar-refractivity contribution in [1.82, 2.24) is 4.90 Å². The molecule has 0 aromatic heterocycles. The molecule has 1 aromatic rings. The van der Waals surface area contributed by atoms with E-state index >= 15 is 0 Å². The number of carbonyl (C=O) groups excluding carboxylic acids is 2. The number of anilines is 1. The highest BCUT2D eigenvalue weighted by molar-refractivity contribution is 5.94. The van der Waals surface area contributed by atoms with Gasteiger partial charge in [-0.05, 0) is 6.42 Å². The van der Waals surface area contributed by atoms with E-state index in [1.807, 2.05) is 6.92 Å². The Kier molecular flexibility index (Phi) is 7.18. The predicted octanol–water partition coefficient (Wildman–Crippen LogP) is 1.91. The van der Waals surface area contributed by atoms with Crippen molar-refractivity contribution in [1.29, 1.82) is 0 Å². The molecule has 0 fully saturated rings. The van der Waals surface area contributed by atoms with Gasteiger partial charge in [0.2, 0.25) is 17.6 Å². The average Bonchev–Trinajstić information content (AvgIpc) is 2.53. The van der Waals surface area contributed by atoms with E-state index in [4.69, 9.17) is 14.2 Å². The molecule has 0 aliphatic rings. The molecule has 23 heavy (non-hydrogen) atoms. The molecular formula is C16H24N2O5. The van der Waals surface area contributed by atoms with Gasteiger partial charge in [-0.3, -0.25) is 9.59 Å². The van der Waals surface area contributed by atoms with E-state index in [9.17, 15) is 9.59 Å². The summed E-state index contributed by atoms with van der Waals surface area (Å²) in [5.41, 5.74) is 0.504. The summed E-state index contributed by atoms with van der Waals surface area (Å²) in [4.78, 5) is 25.1. The molecule has 0 spiro atoms. The summed E-state index contributed by atoms with van der Waals surface area (Å²) in [5.74, 6) is 0.914. The van der Waals surface area contributed by atoms with Crippen molar-refractivity contribution in [3.63, 3.8) is 0 Å². The van der Waals surface area contributed by atoms with Crippen molar-refractivity contribution in [3.8, 4) is 17.2 Å². The molecule has 0 atom stereocenters. The van der Waals surface area contributed by atoms with Crippen LogP contribution in [0.1, 0.15) is 20.3 Å². The Morgan fingerprint density at radius 1 is 1.09 bits per heavy atom. The Morgan fingerprint density at radius 2 is 1.65 bits per heavy atom. The Balaban J connectivity index is 2.91. The van der Waals surface area contributed by atoms with E-state index in [-0.39, 0.29) is 18.4 Å². The summed E-state index contributed by atoms with van der Waals surface area (Å²) >= 11 is 0. The van der Waals surface area contributed by atoms with Crippen molar-refractivity contribution in [2.75, 3.05) is 39.7 Å². The highest BCUT2D eigenvalue weighted by Crippen LogP contribution is 2.39. The van der Waals surface area contributed by atoms with Crippen LogP contribution in [0.25, 0.3) is 0 Å². The first kappa shape index (κ1) is 18.6. The molecule has 0 saturated carbocycles. The number of benzene rings is 1. The standard InChI is InChI=1S/C16H24N2O5/c1-6-7-18(11(2)19)10-15(20)17-12-8-13(21-3)16(23-5)14(9-12)22-4/h8-9H,6-7,10H2,1-5H3,(H,17,20). The molecule has 0 aliphatic carbocycles. The van der Waals surface area contributed by atoms with Crippen LogP contribution >= 0.6 is 0 Å². The Labute approximate surface area is 136 Å². The summed E-state index contributed by atoms with van der Waals surface area (Å²) in [6, 6.07) is 3.27. The van der Waals surface area contributed by atoms with Crippen LogP contribution in [-0.2, 0) is 9.59 Å². The summed E-state index contributed by atoms with van der Waals surface area (Å²) in [6.07, 6.45) is 0.789. The van der Waals surface area contributed by atoms with E-state index in [0.717, 1.165) is 6.42 Å². The van der Waals surface area contributed by atoms with Gasteiger partial charge in [0.15, 0.2) is 11.5 Å². The highest BCUT2D eigenvalue weighted by Gasteiger charge is 2.16. The lowest BCUT2D eigenvalue weighted by molar-refractivity contribution is -0.132. The van der Waals surface area contributed by atoms with Crippen LogP contribution in [0.15, 0.2) is 12.1 Å². The zero-order valence-electron chi connectivity index (χ0n) is 14.3. The largest absolute Gasteiger partial charge is 0.493 e. The maximum Gasteiger partial charge on any atom is 0.243 e. The molecule has 7 nitrogen and oxygen atoms in total. The smallest absolute Gasteiger partial charge is 0.243 e. The van der Waals surface area contributed by atoms with Gasteiger partial charge in [0.25, 0.3) is 0 Å². The van der Waals surface area contributed by atoms with Crippen LogP contribution < -0.4 is 19.5 Å². The van der Waals surface area contributed by atoms with E-state index < -0.39 is 0 Å². The summed E-state index contributed by atoms with van der Waals surface area (Å²) < 4.78 is 15.7. The number of hydrogen-bond acceptors (Lipinski definition) is 5. The van der Waals surface area contributed by atoms with Crippen LogP contribution in [-0.4, -0.2) is 51.1 Å². The fraction of sp³-hybridized carbons (Fsp3) is 0.500. The molecular weight excluding hydrogens is 300 g/mol. The minimum absolute atomic E-state index is 0.000165. The van der Waals surface area contributed by atoms with Gasteiger partial charge in [-0.15, -0.1) is 0 Å². The molecule has 0 aliphatic heterocycles. The topological polar surface area (TPSA) is 77.1 Å². The molecule has 0 bridgehead atoms. The van der Waals surface area contributed by atoms with Crippen molar-refractivity contribution < 1.29 is 23.8 Å². The molecule has 1 aromatic carbocycles. The molecule has 2 amide bonds. The Bertz CT molecular complexity index is 534. The van der Waals surface area contributed by atoms with Crippen molar-refractivity contribution in [2.24, 2.45) is 0 Å². The van der Waals surface area contributed by atoms with Crippen LogP contribution in [0.3, 0.4) is 0 Å². The SMILES string of the molecule is CCCN(CC(=O)Nc1cc(OC)c(OC)c(OC)c1)C(C)=O. The monoisotopic (exact) mass is 324 g/mol. The van der Waals surface area contributed by atoms with Gasteiger partial charge in [0, 0.05) is 31.3 Å². The summed E-state index contributed by atoms with van der Waals surface area (Å²) in [5, 5.41) is 2.74. The minimum atomic E-state index is -0.289. The number of rotatable bonds is 8. The number of methoxy groups -OCH3 is 3. The number of ether oxygens (including phenoxy) is 3. The molecule has 128 valence electrons. The molecule has 7 heteroatoms. The Hall–Kier alpha value is -2.44. The first-order valence-corrected chi connectivity index (χ1v) is 7.32. The van der Waals surface area contributed by atoms with Gasteiger partial charge in [-0.1, -0.05) is 6.92 Å². The third-order valence-electron chi connectivity index (χ3n) is 3.22. The second-order valence-corrected chi connectivity index (χ2v) is 4.90. The molecule has 1 rings (SSSR count). The highest BCUT2D eigenvalue weighted by atomic mass is 16.5. The van der Waals surface area contributed by atoms with E-state index in [1.165, 1.54) is 33.2 Å². The van der Waals surface area contributed by atoms with Gasteiger partial charge in [0.05, 0.1) is 27.9 Å². The van der Waals surface area contributed by atoms with Crippen molar-refractivity contribution in [3.05, 3.63) is 12.1 Å². The lowest BCUT2D eigenvalue weighted by Crippen LogP contribution is -2.37. The van der Waals surface area contributed by atoms with Crippen LogP contribution in [0, 0.1) is 0 Å². The van der Waals surface area contributed by atoms with E-state index in [0.29, 0.717) is 29.5 Å². The normalized spacial score (nSPS) is 9.96. The third kappa shape index (κ3) is 5.05. The zero-order chi connectivity index (χ0) is 17.4. The van der Waals surface area contributed by atoms with Crippen LogP contribution in [0.4, 0.5) is 5.69 Å². The van der Waals surface area contributed by atoms with E-state index in [1.54, 1.807) is 12.1 Å². The van der Waals surface area contributed by atoms with Gasteiger partial charge < -0.3 is 24.4 Å². The number of nitrogens with zero attached hydrogens (tertiary/aromatic N) is 1. The zero-order valence-corrected chi connectivity index (χ0v) is 14.3. The third-order valence-corrected chi connectivity index (χ3v) is 3.22. The number of carbonyl (C=O) groups is 2. The average molecular weight is 324 g/mol. The minimum Gasteiger partial charge on any atom is -0.493 e. The first-order chi connectivity index (χ1) is 11.0. The predicted molar refractivity (Wildman–Crippen MR) is 87.3 cm³/mol. The lowest BCUT2D eigenvalue weighted by Gasteiger charge is -2.20. The van der Waals surface area contributed by atoms with Gasteiger partial charge in [0.1, 0.15) is 0 Å². The quantitative estimate of drug-likeness (QED) is 0.790. The molecule has 0 heterocycles. The maximum absolute atomic E-state index is 12.1. The molecule has 0 radical (unpaired) electrons. The Morgan fingerprint density at radius 3 is 2.04 bits per heavy atom. The van der Waals surface area contributed by atoms with Crippen molar-refractivity contribution in [2.45, 2.75) is 20.3 Å². The van der Waals surface area contributed by atoms with Crippen LogP contribution in [0.5, 0.6) is 17.2 Å². The lowest BCUT2D eigenvalue weighted by atomic mass is 10.2. The van der Waals surface area contributed by atoms with Gasteiger partial charge in [-0.2, -0.15) is 0 Å². The van der Waals surface area contributed by atoms with Crippen molar-refractivity contribution >= 4 is 17.5 Å². The summed E-state index contributed by atoms with van der Waals surface area (Å²) in [6.45, 7) is 3.94. The maximum atomic E-state index is 12.1. The molecule has 1 N–H and O–H groups in total. The number of nitrogens with one attached hydrogen (secondary N) is 1. The number of hydrogen-bond donors (Lipinski definition) is 1. The van der Waals surface area contributed by atoms with Gasteiger partial charge >= 0.3 is 0 Å². The fourth-order valence-electron chi connectivity index (χ4n) is 2.14. The van der Waals surface area contributed by atoms with Gasteiger partial charge in [-0.25, -0.2) is 0 Å². The molecule has 0 saturated heterocycles. The number of amides is 2. The van der Waals surface area contributed by atoms with E-state index in [2.05, 4.69) is 5.32 Å². The van der Waals surface area contributed by atoms with Crippen LogP contribution in [0.2, 0.25) is 0 Å². The second-order valence-electron chi connectivity index (χ2n) is 4.90. The molecule has 0 unspecified atom stereocenters. The fourth-order valence-corrected chi connectivity index (χ4v) is 2.14.